The van der Waals surface area contributed by atoms with Crippen LogP contribution in [-0.4, -0.2) is 76.1 Å². The van der Waals surface area contributed by atoms with Gasteiger partial charge in [-0.05, 0) is 43.5 Å². The molecule has 2 saturated heterocycles. The topological polar surface area (TPSA) is 100 Å². The molecule has 0 saturated carbocycles. The first kappa shape index (κ1) is 22.0. The fraction of sp³-hybridized carbons (Fsp3) is 0.650. The highest BCUT2D eigenvalue weighted by atomic mass is 32.2. The van der Waals surface area contributed by atoms with Crippen molar-refractivity contribution in [2.45, 2.75) is 37.1 Å². The fourth-order valence-corrected chi connectivity index (χ4v) is 5.11. The van der Waals surface area contributed by atoms with Gasteiger partial charge >= 0.3 is 0 Å². The van der Waals surface area contributed by atoms with Gasteiger partial charge in [-0.1, -0.05) is 18.6 Å². The highest BCUT2D eigenvalue weighted by Crippen LogP contribution is 2.21. The zero-order chi connectivity index (χ0) is 20.5. The molecule has 3 N–H and O–H groups in total. The third-order valence-electron chi connectivity index (χ3n) is 5.37. The Morgan fingerprint density at radius 1 is 1.07 bits per heavy atom. The molecule has 162 valence electrons. The number of guanidine groups is 1. The van der Waals surface area contributed by atoms with Gasteiger partial charge in [-0.25, -0.2) is 13.4 Å². The van der Waals surface area contributed by atoms with E-state index in [9.17, 15) is 8.42 Å². The van der Waals surface area contributed by atoms with Gasteiger partial charge in [-0.3, -0.25) is 4.90 Å². The van der Waals surface area contributed by atoms with Crippen LogP contribution in [-0.2, 0) is 21.3 Å². The van der Waals surface area contributed by atoms with E-state index >= 15 is 0 Å². The molecule has 1 aromatic carbocycles. The molecular weight excluding hydrogens is 390 g/mol. The van der Waals surface area contributed by atoms with Gasteiger partial charge < -0.3 is 15.8 Å². The predicted molar refractivity (Wildman–Crippen MR) is 114 cm³/mol. The molecule has 2 fully saturated rings. The van der Waals surface area contributed by atoms with E-state index in [1.807, 2.05) is 12.1 Å². The second kappa shape index (κ2) is 10.9. The molecule has 29 heavy (non-hydrogen) atoms. The van der Waals surface area contributed by atoms with Crippen LogP contribution in [0.15, 0.2) is 34.2 Å². The summed E-state index contributed by atoms with van der Waals surface area (Å²) in [5.41, 5.74) is 6.87. The fourth-order valence-electron chi connectivity index (χ4n) is 3.60. The Morgan fingerprint density at radius 3 is 2.45 bits per heavy atom. The van der Waals surface area contributed by atoms with E-state index in [1.54, 1.807) is 16.4 Å². The molecule has 1 aromatic rings. The maximum atomic E-state index is 12.7. The van der Waals surface area contributed by atoms with Crippen molar-refractivity contribution in [3.05, 3.63) is 29.8 Å². The van der Waals surface area contributed by atoms with Crippen molar-refractivity contribution < 1.29 is 13.2 Å². The number of aliphatic imine (C=N–C) groups is 1. The SMILES string of the molecule is NC(=NCc1ccc(S(=O)(=O)N2CCCCC2)cc1)NCCCN1CCOCC1. The average Bonchev–Trinajstić information content (AvgIpc) is 2.77. The summed E-state index contributed by atoms with van der Waals surface area (Å²) in [7, 11) is -3.39. The van der Waals surface area contributed by atoms with E-state index in [-0.39, 0.29) is 0 Å². The van der Waals surface area contributed by atoms with Gasteiger partial charge in [0.2, 0.25) is 10.0 Å². The molecule has 0 aliphatic carbocycles. The number of hydrogen-bond acceptors (Lipinski definition) is 5. The minimum absolute atomic E-state index is 0.348. The predicted octanol–water partition coefficient (Wildman–Crippen LogP) is 0.988. The second-order valence-corrected chi connectivity index (χ2v) is 9.48. The van der Waals surface area contributed by atoms with Crippen molar-refractivity contribution >= 4 is 16.0 Å². The first-order valence-electron chi connectivity index (χ1n) is 10.5. The number of nitrogens with two attached hydrogens (primary N) is 1. The molecule has 9 heteroatoms. The smallest absolute Gasteiger partial charge is 0.243 e. The second-order valence-electron chi connectivity index (χ2n) is 7.54. The maximum absolute atomic E-state index is 12.7. The molecular formula is C20H33N5O3S. The van der Waals surface area contributed by atoms with Crippen LogP contribution < -0.4 is 11.1 Å². The van der Waals surface area contributed by atoms with Gasteiger partial charge in [-0.2, -0.15) is 4.31 Å². The minimum atomic E-state index is -3.39. The first-order chi connectivity index (χ1) is 14.1. The molecule has 0 spiro atoms. The van der Waals surface area contributed by atoms with Crippen molar-refractivity contribution in [1.29, 1.82) is 0 Å². The zero-order valence-electron chi connectivity index (χ0n) is 17.1. The number of hydrogen-bond donors (Lipinski definition) is 2. The van der Waals surface area contributed by atoms with Crippen LogP contribution in [0.4, 0.5) is 0 Å². The van der Waals surface area contributed by atoms with Crippen molar-refractivity contribution in [2.75, 3.05) is 52.5 Å². The van der Waals surface area contributed by atoms with Gasteiger partial charge in [-0.15, -0.1) is 0 Å². The monoisotopic (exact) mass is 423 g/mol. The van der Waals surface area contributed by atoms with Gasteiger partial charge in [0.15, 0.2) is 5.96 Å². The van der Waals surface area contributed by atoms with Crippen LogP contribution >= 0.6 is 0 Å². The average molecular weight is 424 g/mol. The van der Waals surface area contributed by atoms with Crippen LogP contribution in [0, 0.1) is 0 Å². The molecule has 0 unspecified atom stereocenters. The molecule has 2 aliphatic rings. The van der Waals surface area contributed by atoms with Crippen LogP contribution in [0.3, 0.4) is 0 Å². The number of nitrogens with one attached hydrogen (secondary N) is 1. The third-order valence-corrected chi connectivity index (χ3v) is 7.28. The largest absolute Gasteiger partial charge is 0.379 e. The van der Waals surface area contributed by atoms with Crippen LogP contribution in [0.5, 0.6) is 0 Å². The Morgan fingerprint density at radius 2 is 1.76 bits per heavy atom. The van der Waals surface area contributed by atoms with Gasteiger partial charge in [0.1, 0.15) is 0 Å². The Kier molecular flexibility index (Phi) is 8.29. The number of piperidine rings is 1. The first-order valence-corrected chi connectivity index (χ1v) is 11.9. The standard InChI is InChI=1S/C20H33N5O3S/c21-20(22-9-4-10-24-13-15-28-16-14-24)23-17-18-5-7-19(8-6-18)29(26,27)25-11-2-1-3-12-25/h5-8H,1-4,9-17H2,(H3,21,22,23). The third kappa shape index (κ3) is 6.67. The lowest BCUT2D eigenvalue weighted by Gasteiger charge is -2.26. The van der Waals surface area contributed by atoms with Crippen molar-refractivity contribution in [1.82, 2.24) is 14.5 Å². The molecule has 0 atom stereocenters. The number of ether oxygens (including phenoxy) is 1. The van der Waals surface area contributed by atoms with Crippen LogP contribution in [0.2, 0.25) is 0 Å². The summed E-state index contributed by atoms with van der Waals surface area (Å²) in [6, 6.07) is 6.96. The molecule has 8 nitrogen and oxygen atoms in total. The number of rotatable bonds is 8. The van der Waals surface area contributed by atoms with Gasteiger partial charge in [0.05, 0.1) is 24.7 Å². The molecule has 0 aromatic heterocycles. The van der Waals surface area contributed by atoms with Crippen molar-refractivity contribution in [3.63, 3.8) is 0 Å². The lowest BCUT2D eigenvalue weighted by atomic mass is 10.2. The zero-order valence-corrected chi connectivity index (χ0v) is 17.9. The summed E-state index contributed by atoms with van der Waals surface area (Å²) in [5, 5.41) is 3.14. The summed E-state index contributed by atoms with van der Waals surface area (Å²) in [6.07, 6.45) is 3.97. The van der Waals surface area contributed by atoms with E-state index in [2.05, 4.69) is 15.2 Å². The number of nitrogens with zero attached hydrogens (tertiary/aromatic N) is 3. The molecule has 0 bridgehead atoms. The summed E-state index contributed by atoms with van der Waals surface area (Å²) in [5.74, 6) is 0.414. The molecule has 3 rings (SSSR count). The molecule has 2 heterocycles. The summed E-state index contributed by atoms with van der Waals surface area (Å²) >= 11 is 0. The number of benzene rings is 1. The summed E-state index contributed by atoms with van der Waals surface area (Å²) < 4.78 is 32.3. The lowest BCUT2D eigenvalue weighted by molar-refractivity contribution is 0.0376. The Hall–Kier alpha value is -1.68. The van der Waals surface area contributed by atoms with E-state index in [1.165, 1.54) is 0 Å². The van der Waals surface area contributed by atoms with Crippen LogP contribution in [0.25, 0.3) is 0 Å². The van der Waals surface area contributed by atoms with Crippen molar-refractivity contribution in [3.8, 4) is 0 Å². The van der Waals surface area contributed by atoms with Gasteiger partial charge in [0.25, 0.3) is 0 Å². The van der Waals surface area contributed by atoms with E-state index in [0.29, 0.717) is 30.5 Å². The van der Waals surface area contributed by atoms with E-state index < -0.39 is 10.0 Å². The Balaban J connectivity index is 1.42. The van der Waals surface area contributed by atoms with E-state index in [0.717, 1.165) is 70.6 Å². The van der Waals surface area contributed by atoms with Gasteiger partial charge in [0, 0.05) is 32.7 Å². The molecule has 0 amide bonds. The van der Waals surface area contributed by atoms with Crippen molar-refractivity contribution in [2.24, 2.45) is 10.7 Å². The highest BCUT2D eigenvalue weighted by molar-refractivity contribution is 7.89. The number of morpholine rings is 1. The molecule has 2 aliphatic heterocycles. The quantitative estimate of drug-likeness (QED) is 0.367. The Labute approximate surface area is 174 Å². The summed E-state index contributed by atoms with van der Waals surface area (Å²) in [6.45, 7) is 7.07. The summed E-state index contributed by atoms with van der Waals surface area (Å²) in [4.78, 5) is 7.09. The maximum Gasteiger partial charge on any atom is 0.243 e. The van der Waals surface area contributed by atoms with Crippen LogP contribution in [0.1, 0.15) is 31.2 Å². The van der Waals surface area contributed by atoms with E-state index in [4.69, 9.17) is 10.5 Å². The molecule has 0 radical (unpaired) electrons. The lowest BCUT2D eigenvalue weighted by Crippen LogP contribution is -2.39. The number of sulfonamides is 1. The minimum Gasteiger partial charge on any atom is -0.379 e. The highest BCUT2D eigenvalue weighted by Gasteiger charge is 2.25. The normalized spacial score (nSPS) is 19.9. The Bertz CT molecular complexity index is 755.